The van der Waals surface area contributed by atoms with E-state index in [1.807, 2.05) is 6.07 Å². The second-order valence-electron chi connectivity index (χ2n) is 5.19. The summed E-state index contributed by atoms with van der Waals surface area (Å²) in [5.74, 6) is 0. The Kier molecular flexibility index (Phi) is 2.82. The third-order valence-electron chi connectivity index (χ3n) is 3.87. The zero-order valence-corrected chi connectivity index (χ0v) is 11.6. The number of aromatic amines is 1. The fraction of sp³-hybridized carbons (Fsp3) is 0. The SMILES string of the molecule is c1ccc(-c2c[nH]c(-c3cccc4ccccc34)c2)cc1. The Morgan fingerprint density at radius 1 is 0.619 bits per heavy atom. The molecule has 0 saturated carbocycles. The van der Waals surface area contributed by atoms with Gasteiger partial charge in [0.25, 0.3) is 0 Å². The van der Waals surface area contributed by atoms with Crippen LogP contribution >= 0.6 is 0 Å². The van der Waals surface area contributed by atoms with Crippen molar-refractivity contribution in [1.82, 2.24) is 4.98 Å². The molecular weight excluding hydrogens is 254 g/mol. The number of fused-ring (bicyclic) bond motifs is 1. The van der Waals surface area contributed by atoms with Crippen molar-refractivity contribution in [3.63, 3.8) is 0 Å². The van der Waals surface area contributed by atoms with E-state index >= 15 is 0 Å². The lowest BCUT2D eigenvalue weighted by Gasteiger charge is -2.04. The Bertz CT molecular complexity index is 883. The van der Waals surface area contributed by atoms with Crippen molar-refractivity contribution in [1.29, 1.82) is 0 Å². The number of H-pyrrole nitrogens is 1. The summed E-state index contributed by atoms with van der Waals surface area (Å²) in [4.78, 5) is 3.41. The van der Waals surface area contributed by atoms with Crippen LogP contribution in [-0.2, 0) is 0 Å². The number of rotatable bonds is 2. The van der Waals surface area contributed by atoms with Gasteiger partial charge in [0.2, 0.25) is 0 Å². The number of nitrogens with one attached hydrogen (secondary N) is 1. The molecule has 0 atom stereocenters. The van der Waals surface area contributed by atoms with Crippen LogP contribution in [0.15, 0.2) is 85.1 Å². The van der Waals surface area contributed by atoms with Crippen molar-refractivity contribution in [3.8, 4) is 22.4 Å². The lowest BCUT2D eigenvalue weighted by atomic mass is 10.0. The molecule has 0 amide bonds. The molecule has 1 heterocycles. The van der Waals surface area contributed by atoms with E-state index in [0.717, 1.165) is 5.69 Å². The van der Waals surface area contributed by atoms with Crippen LogP contribution in [-0.4, -0.2) is 4.98 Å². The first-order chi connectivity index (χ1) is 10.4. The first-order valence-electron chi connectivity index (χ1n) is 7.14. The summed E-state index contributed by atoms with van der Waals surface area (Å²) in [6, 6.07) is 27.6. The normalized spacial score (nSPS) is 10.9. The van der Waals surface area contributed by atoms with Crippen molar-refractivity contribution in [3.05, 3.63) is 85.1 Å². The molecule has 0 aliphatic heterocycles. The zero-order chi connectivity index (χ0) is 14.1. The molecule has 1 nitrogen and oxygen atoms in total. The Labute approximate surface area is 123 Å². The molecule has 21 heavy (non-hydrogen) atoms. The van der Waals surface area contributed by atoms with E-state index in [4.69, 9.17) is 0 Å². The van der Waals surface area contributed by atoms with Crippen LogP contribution in [0, 0.1) is 0 Å². The molecular formula is C20H15N. The predicted octanol–water partition coefficient (Wildman–Crippen LogP) is 5.50. The van der Waals surface area contributed by atoms with Gasteiger partial charge in [-0.15, -0.1) is 0 Å². The summed E-state index contributed by atoms with van der Waals surface area (Å²) < 4.78 is 0. The summed E-state index contributed by atoms with van der Waals surface area (Å²) in [5.41, 5.74) is 4.86. The lowest BCUT2D eigenvalue weighted by molar-refractivity contribution is 1.41. The van der Waals surface area contributed by atoms with Crippen molar-refractivity contribution in [2.45, 2.75) is 0 Å². The first kappa shape index (κ1) is 12.0. The maximum Gasteiger partial charge on any atom is 0.0466 e. The lowest BCUT2D eigenvalue weighted by Crippen LogP contribution is -1.80. The molecule has 1 aromatic heterocycles. The maximum absolute atomic E-state index is 3.41. The van der Waals surface area contributed by atoms with Crippen molar-refractivity contribution in [2.24, 2.45) is 0 Å². The summed E-state index contributed by atoms with van der Waals surface area (Å²) in [7, 11) is 0. The third-order valence-corrected chi connectivity index (χ3v) is 3.87. The van der Waals surface area contributed by atoms with E-state index in [1.54, 1.807) is 0 Å². The topological polar surface area (TPSA) is 15.8 Å². The van der Waals surface area contributed by atoms with Gasteiger partial charge in [0.05, 0.1) is 0 Å². The molecule has 0 aliphatic rings. The van der Waals surface area contributed by atoms with E-state index in [-0.39, 0.29) is 0 Å². The molecule has 4 aromatic rings. The maximum atomic E-state index is 3.41. The van der Waals surface area contributed by atoms with Gasteiger partial charge in [0, 0.05) is 17.5 Å². The van der Waals surface area contributed by atoms with Gasteiger partial charge >= 0.3 is 0 Å². The molecule has 4 rings (SSSR count). The average molecular weight is 269 g/mol. The average Bonchev–Trinajstić information content (AvgIpc) is 3.05. The minimum absolute atomic E-state index is 1.16. The van der Waals surface area contributed by atoms with Gasteiger partial charge in [-0.1, -0.05) is 72.8 Å². The highest BCUT2D eigenvalue weighted by molar-refractivity contribution is 5.96. The monoisotopic (exact) mass is 269 g/mol. The molecule has 0 unspecified atom stereocenters. The van der Waals surface area contributed by atoms with Gasteiger partial charge < -0.3 is 4.98 Å². The molecule has 1 heteroatoms. The van der Waals surface area contributed by atoms with Crippen LogP contribution in [0.4, 0.5) is 0 Å². The molecule has 0 radical (unpaired) electrons. The van der Waals surface area contributed by atoms with Gasteiger partial charge in [-0.05, 0) is 28.0 Å². The molecule has 1 N–H and O–H groups in total. The number of aromatic nitrogens is 1. The summed E-state index contributed by atoms with van der Waals surface area (Å²) in [5, 5.41) is 2.55. The van der Waals surface area contributed by atoms with Crippen LogP contribution in [0.3, 0.4) is 0 Å². The number of hydrogen-bond donors (Lipinski definition) is 1. The zero-order valence-electron chi connectivity index (χ0n) is 11.6. The highest BCUT2D eigenvalue weighted by atomic mass is 14.7. The van der Waals surface area contributed by atoms with Gasteiger partial charge in [0.15, 0.2) is 0 Å². The van der Waals surface area contributed by atoms with E-state index < -0.39 is 0 Å². The summed E-state index contributed by atoms with van der Waals surface area (Å²) in [6.45, 7) is 0. The van der Waals surface area contributed by atoms with Crippen LogP contribution in [0.2, 0.25) is 0 Å². The Balaban J connectivity index is 1.85. The summed E-state index contributed by atoms with van der Waals surface area (Å²) >= 11 is 0. The third kappa shape index (κ3) is 2.13. The van der Waals surface area contributed by atoms with E-state index in [0.29, 0.717) is 0 Å². The Morgan fingerprint density at radius 2 is 1.38 bits per heavy atom. The Hall–Kier alpha value is -2.80. The largest absolute Gasteiger partial charge is 0.361 e. The van der Waals surface area contributed by atoms with Crippen LogP contribution in [0.25, 0.3) is 33.2 Å². The first-order valence-corrected chi connectivity index (χ1v) is 7.14. The van der Waals surface area contributed by atoms with E-state index in [9.17, 15) is 0 Å². The fourth-order valence-corrected chi connectivity index (χ4v) is 2.81. The molecule has 3 aromatic carbocycles. The Morgan fingerprint density at radius 3 is 2.29 bits per heavy atom. The second kappa shape index (κ2) is 4.95. The number of benzene rings is 3. The van der Waals surface area contributed by atoms with Gasteiger partial charge in [-0.2, -0.15) is 0 Å². The minimum Gasteiger partial charge on any atom is -0.361 e. The molecule has 0 bridgehead atoms. The van der Waals surface area contributed by atoms with E-state index in [1.165, 1.54) is 27.5 Å². The van der Waals surface area contributed by atoms with Gasteiger partial charge in [-0.25, -0.2) is 0 Å². The van der Waals surface area contributed by atoms with Crippen molar-refractivity contribution in [2.75, 3.05) is 0 Å². The quantitative estimate of drug-likeness (QED) is 0.494. The fourth-order valence-electron chi connectivity index (χ4n) is 2.81. The smallest absolute Gasteiger partial charge is 0.0466 e. The minimum atomic E-state index is 1.16. The van der Waals surface area contributed by atoms with Crippen LogP contribution in [0.1, 0.15) is 0 Å². The van der Waals surface area contributed by atoms with Crippen LogP contribution < -0.4 is 0 Å². The predicted molar refractivity (Wildman–Crippen MR) is 89.2 cm³/mol. The highest BCUT2D eigenvalue weighted by Gasteiger charge is 2.06. The number of hydrogen-bond acceptors (Lipinski definition) is 0. The molecule has 0 aliphatic carbocycles. The molecule has 100 valence electrons. The van der Waals surface area contributed by atoms with Gasteiger partial charge in [0.1, 0.15) is 0 Å². The molecule has 0 fully saturated rings. The van der Waals surface area contributed by atoms with Crippen molar-refractivity contribution < 1.29 is 0 Å². The molecule has 0 saturated heterocycles. The van der Waals surface area contributed by atoms with Crippen molar-refractivity contribution >= 4 is 10.8 Å². The highest BCUT2D eigenvalue weighted by Crippen LogP contribution is 2.30. The van der Waals surface area contributed by atoms with Crippen LogP contribution in [0.5, 0.6) is 0 Å². The second-order valence-corrected chi connectivity index (χ2v) is 5.19. The standard InChI is InChI=1S/C20H15N/c1-2-7-15(8-3-1)17-13-20(21-14-17)19-12-6-10-16-9-4-5-11-18(16)19/h1-14,21H. The summed E-state index contributed by atoms with van der Waals surface area (Å²) in [6.07, 6.45) is 2.08. The van der Waals surface area contributed by atoms with Gasteiger partial charge in [-0.3, -0.25) is 0 Å². The molecule has 0 spiro atoms. The van der Waals surface area contributed by atoms with E-state index in [2.05, 4.69) is 84.0 Å².